The quantitative estimate of drug-likeness (QED) is 0.349. The number of carboxylic acids is 1. The van der Waals surface area contributed by atoms with Crippen molar-refractivity contribution in [3.05, 3.63) is 77.4 Å². The number of carbonyl (C=O) groups is 1. The van der Waals surface area contributed by atoms with Crippen LogP contribution in [0.4, 0.5) is 0 Å². The Labute approximate surface area is 205 Å². The van der Waals surface area contributed by atoms with Crippen molar-refractivity contribution in [3.8, 4) is 5.75 Å². The molecule has 4 rings (SSSR count). The van der Waals surface area contributed by atoms with Crippen LogP contribution in [0, 0.1) is 5.41 Å². The van der Waals surface area contributed by atoms with E-state index in [1.807, 2.05) is 60.7 Å². The number of aliphatic carboxylic acids is 1. The van der Waals surface area contributed by atoms with Gasteiger partial charge in [0.05, 0.1) is 0 Å². The Morgan fingerprint density at radius 1 is 1.03 bits per heavy atom. The zero-order chi connectivity index (χ0) is 21.8. The summed E-state index contributed by atoms with van der Waals surface area (Å²) >= 11 is 0. The van der Waals surface area contributed by atoms with E-state index in [2.05, 4.69) is 5.32 Å². The maximum absolute atomic E-state index is 11.9. The predicted octanol–water partition coefficient (Wildman–Crippen LogP) is 3.17. The molecule has 1 saturated heterocycles. The summed E-state index contributed by atoms with van der Waals surface area (Å²) in [6.07, 6.45) is 2.45. The number of ether oxygens (including phenoxy) is 1. The lowest BCUT2D eigenvalue weighted by Crippen LogP contribution is -2.34. The average molecular weight is 489 g/mol. The molecule has 3 aromatic carbocycles. The number of carboxylic acid groups (broad SMARTS) is 1. The monoisotopic (exact) mass is 488 g/mol. The van der Waals surface area contributed by atoms with Crippen LogP contribution < -0.4 is 20.9 Å². The van der Waals surface area contributed by atoms with Gasteiger partial charge >= 0.3 is 0 Å². The number of nitrogen functional groups attached to an aromatic ring is 1. The molecule has 0 spiro atoms. The number of nitrogens with one attached hydrogen (secondary N) is 2. The van der Waals surface area contributed by atoms with Gasteiger partial charge in [-0.1, -0.05) is 42.5 Å². The van der Waals surface area contributed by atoms with Gasteiger partial charge in [-0.15, -0.1) is 24.8 Å². The highest BCUT2D eigenvalue weighted by molar-refractivity contribution is 5.99. The molecule has 1 aliphatic heterocycles. The summed E-state index contributed by atoms with van der Waals surface area (Å²) in [4.78, 5) is 11.9. The molecule has 0 radical (unpaired) electrons. The normalized spacial score (nSPS) is 14.5. The highest BCUT2D eigenvalue weighted by Crippen LogP contribution is 2.26. The maximum atomic E-state index is 11.9. The fourth-order valence-corrected chi connectivity index (χ4v) is 4.05. The zero-order valence-electron chi connectivity index (χ0n) is 18.1. The molecule has 33 heavy (non-hydrogen) atoms. The topological polar surface area (TPSA) is 111 Å². The van der Waals surface area contributed by atoms with Crippen molar-refractivity contribution in [2.75, 3.05) is 13.1 Å². The van der Waals surface area contributed by atoms with Crippen LogP contribution >= 0.6 is 24.8 Å². The van der Waals surface area contributed by atoms with Crippen LogP contribution in [0.5, 0.6) is 5.75 Å². The lowest BCUT2D eigenvalue weighted by molar-refractivity contribution is -0.308. The van der Waals surface area contributed by atoms with Gasteiger partial charge in [0.25, 0.3) is 0 Å². The minimum absolute atomic E-state index is 0. The van der Waals surface area contributed by atoms with Gasteiger partial charge in [-0.25, -0.2) is 0 Å². The Hall–Kier alpha value is -2.80. The first kappa shape index (κ1) is 26.5. The average Bonchev–Trinajstić information content (AvgIpc) is 2.78. The van der Waals surface area contributed by atoms with Crippen LogP contribution in [-0.4, -0.2) is 31.0 Å². The Kier molecular flexibility index (Phi) is 9.53. The first-order chi connectivity index (χ1) is 15.0. The van der Waals surface area contributed by atoms with Gasteiger partial charge in [-0.2, -0.15) is 0 Å². The Morgan fingerprint density at radius 2 is 1.70 bits per heavy atom. The van der Waals surface area contributed by atoms with Gasteiger partial charge < -0.3 is 25.7 Å². The summed E-state index contributed by atoms with van der Waals surface area (Å²) in [6.45, 7) is 1.91. The van der Waals surface area contributed by atoms with Gasteiger partial charge in [0.2, 0.25) is 0 Å². The first-order valence-electron chi connectivity index (χ1n) is 10.5. The molecule has 1 heterocycles. The molecule has 0 aromatic heterocycles. The molecule has 1 unspecified atom stereocenters. The zero-order valence-corrected chi connectivity index (χ0v) is 19.7. The number of hydrogen-bond donors (Lipinski definition) is 3. The molecular weight excluding hydrogens is 461 g/mol. The third kappa shape index (κ3) is 6.60. The van der Waals surface area contributed by atoms with Crippen molar-refractivity contribution in [2.24, 2.45) is 5.73 Å². The van der Waals surface area contributed by atoms with Crippen molar-refractivity contribution >= 4 is 47.4 Å². The standard InChI is InChI=1S/C25H27N3O3.2ClH/c26-24(27)19-4-3-17-2-1-16(13-20(17)15-19)14-23(25(29)30)18-5-7-21(8-6-18)31-22-9-11-28-12-10-22;;/h1-8,13,15,22-23,28H,9-12,14H2,(H3,26,27)(H,29,30);2*1H/p-1. The van der Waals surface area contributed by atoms with E-state index in [1.165, 1.54) is 0 Å². The minimum Gasteiger partial charge on any atom is -0.549 e. The van der Waals surface area contributed by atoms with E-state index in [1.54, 1.807) is 0 Å². The highest BCUT2D eigenvalue weighted by atomic mass is 35.5. The van der Waals surface area contributed by atoms with Crippen molar-refractivity contribution in [1.29, 1.82) is 5.41 Å². The molecule has 6 nitrogen and oxygen atoms in total. The molecular formula is C25H28Cl2N3O3-. The first-order valence-corrected chi connectivity index (χ1v) is 10.5. The molecule has 0 saturated carbocycles. The second-order valence-electron chi connectivity index (χ2n) is 8.02. The lowest BCUT2D eigenvalue weighted by atomic mass is 9.91. The molecule has 1 fully saturated rings. The van der Waals surface area contributed by atoms with Crippen LogP contribution in [0.1, 0.15) is 35.4 Å². The fraction of sp³-hybridized carbons (Fsp3) is 0.280. The molecule has 3 aromatic rings. The minimum atomic E-state index is -1.11. The summed E-state index contributed by atoms with van der Waals surface area (Å²) in [7, 11) is 0. The van der Waals surface area contributed by atoms with Gasteiger partial charge in [-0.05, 0) is 72.5 Å². The molecule has 0 aliphatic carbocycles. The second kappa shape index (κ2) is 11.9. The van der Waals surface area contributed by atoms with E-state index in [0.29, 0.717) is 17.5 Å². The van der Waals surface area contributed by atoms with Crippen LogP contribution in [0.25, 0.3) is 10.8 Å². The summed E-state index contributed by atoms with van der Waals surface area (Å²) in [5.41, 5.74) is 7.81. The second-order valence-corrected chi connectivity index (χ2v) is 8.02. The van der Waals surface area contributed by atoms with Crippen molar-refractivity contribution in [3.63, 3.8) is 0 Å². The van der Waals surface area contributed by atoms with E-state index in [0.717, 1.165) is 48.0 Å². The van der Waals surface area contributed by atoms with Crippen molar-refractivity contribution < 1.29 is 14.6 Å². The maximum Gasteiger partial charge on any atom is 0.122 e. The summed E-state index contributed by atoms with van der Waals surface area (Å²) in [5.74, 6) is -1.10. The SMILES string of the molecule is Cl.Cl.N=C(N)c1ccc2ccc(CC(C(=O)[O-])c3ccc(OC4CCNCC4)cc3)cc2c1. The molecule has 176 valence electrons. The van der Waals surface area contributed by atoms with E-state index in [4.69, 9.17) is 15.9 Å². The van der Waals surface area contributed by atoms with E-state index >= 15 is 0 Å². The smallest absolute Gasteiger partial charge is 0.122 e. The summed E-state index contributed by atoms with van der Waals surface area (Å²) in [6, 6.07) is 18.7. The Balaban J connectivity index is 0.00000193. The number of fused-ring (bicyclic) bond motifs is 1. The summed E-state index contributed by atoms with van der Waals surface area (Å²) < 4.78 is 6.02. The van der Waals surface area contributed by atoms with Crippen LogP contribution in [0.2, 0.25) is 0 Å². The van der Waals surface area contributed by atoms with Crippen molar-refractivity contribution in [1.82, 2.24) is 5.32 Å². The number of amidine groups is 1. The van der Waals surface area contributed by atoms with Crippen LogP contribution in [0.3, 0.4) is 0 Å². The Bertz CT molecular complexity index is 1100. The molecule has 0 amide bonds. The third-order valence-corrected chi connectivity index (χ3v) is 5.81. The van der Waals surface area contributed by atoms with Gasteiger partial charge in [-0.3, -0.25) is 5.41 Å². The number of hydrogen-bond acceptors (Lipinski definition) is 5. The van der Waals surface area contributed by atoms with E-state index < -0.39 is 11.9 Å². The predicted molar refractivity (Wildman–Crippen MR) is 134 cm³/mol. The number of piperidine rings is 1. The number of rotatable bonds is 7. The number of halogens is 2. The van der Waals surface area contributed by atoms with Gasteiger partial charge in [0, 0.05) is 17.5 Å². The van der Waals surface area contributed by atoms with Crippen molar-refractivity contribution in [2.45, 2.75) is 31.3 Å². The number of benzene rings is 3. The van der Waals surface area contributed by atoms with Crippen LogP contribution in [-0.2, 0) is 11.2 Å². The molecule has 0 bridgehead atoms. The van der Waals surface area contributed by atoms with E-state index in [-0.39, 0.29) is 36.8 Å². The molecule has 4 N–H and O–H groups in total. The third-order valence-electron chi connectivity index (χ3n) is 5.81. The Morgan fingerprint density at radius 3 is 2.33 bits per heavy atom. The largest absolute Gasteiger partial charge is 0.549 e. The fourth-order valence-electron chi connectivity index (χ4n) is 4.05. The molecule has 1 atom stereocenters. The summed E-state index contributed by atoms with van der Waals surface area (Å²) in [5, 5.41) is 24.8. The molecule has 1 aliphatic rings. The van der Waals surface area contributed by atoms with Crippen LogP contribution in [0.15, 0.2) is 60.7 Å². The highest BCUT2D eigenvalue weighted by Gasteiger charge is 2.17. The number of carbonyl (C=O) groups excluding carboxylic acids is 1. The van der Waals surface area contributed by atoms with E-state index in [9.17, 15) is 9.90 Å². The lowest BCUT2D eigenvalue weighted by Gasteiger charge is -2.24. The van der Waals surface area contributed by atoms with Gasteiger partial charge in [0.15, 0.2) is 0 Å². The number of nitrogens with two attached hydrogens (primary N) is 1. The van der Waals surface area contributed by atoms with Gasteiger partial charge in [0.1, 0.15) is 17.7 Å². The molecule has 8 heteroatoms.